The average Bonchev–Trinajstić information content (AvgIpc) is 2.16. The monoisotopic (exact) mass is 214 g/mol. The van der Waals surface area contributed by atoms with Gasteiger partial charge in [0, 0.05) is 14.1 Å². The zero-order chi connectivity index (χ0) is 9.84. The van der Waals surface area contributed by atoms with Crippen molar-refractivity contribution in [2.75, 3.05) is 29.2 Å². The molecule has 2 nitrogen and oxygen atoms in total. The Bertz CT molecular complexity index is 276. The van der Waals surface area contributed by atoms with Crippen molar-refractivity contribution in [2.45, 2.75) is 0 Å². The van der Waals surface area contributed by atoms with Crippen molar-refractivity contribution in [1.29, 1.82) is 0 Å². The third-order valence-electron chi connectivity index (χ3n) is 1.85. The van der Waals surface area contributed by atoms with E-state index in [9.17, 15) is 0 Å². The van der Waals surface area contributed by atoms with Crippen LogP contribution in [0.25, 0.3) is 0 Å². The first kappa shape index (κ1) is 10.6. The highest BCUT2D eigenvalue weighted by molar-refractivity contribution is 7.81. The molecule has 0 saturated heterocycles. The molecule has 0 bridgehead atoms. The van der Waals surface area contributed by atoms with E-state index in [1.807, 2.05) is 32.3 Å². The lowest BCUT2D eigenvalue weighted by Gasteiger charge is -2.23. The third-order valence-corrected chi connectivity index (χ3v) is 2.49. The second-order valence-corrected chi connectivity index (χ2v) is 3.73. The average molecular weight is 214 g/mol. The number of hydrogen-bond donors (Lipinski definition) is 2. The topological polar surface area (TPSA) is 6.48 Å². The van der Waals surface area contributed by atoms with E-state index in [1.54, 1.807) is 4.31 Å². The molecule has 0 unspecified atom stereocenters. The molecule has 1 rings (SSSR count). The molecule has 0 N–H and O–H groups in total. The van der Waals surface area contributed by atoms with Gasteiger partial charge in [0.05, 0.1) is 17.3 Å². The molecule has 4 heteroatoms. The lowest BCUT2D eigenvalue weighted by molar-refractivity contribution is 1.09. The van der Waals surface area contributed by atoms with Crippen molar-refractivity contribution in [1.82, 2.24) is 0 Å². The standard InChI is InChI=1S/C9H14N2S2/c1-10(7-12)8-5-3-4-6-9(8)11(2)13/h3-6,12-13H,7H2,1-2H3. The van der Waals surface area contributed by atoms with Crippen LogP contribution in [0.2, 0.25) is 0 Å². The molecule has 0 radical (unpaired) electrons. The minimum absolute atomic E-state index is 0.693. The molecule has 1 aromatic rings. The molecule has 0 spiro atoms. The predicted octanol–water partition coefficient (Wildman–Crippen LogP) is 2.29. The van der Waals surface area contributed by atoms with Crippen molar-refractivity contribution in [2.24, 2.45) is 0 Å². The molecule has 0 aliphatic rings. The predicted molar refractivity (Wildman–Crippen MR) is 66.1 cm³/mol. The first-order valence-corrected chi connectivity index (χ1v) is 5.03. The summed E-state index contributed by atoms with van der Waals surface area (Å²) in [6.45, 7) is 0. The number of hydrogen-bond acceptors (Lipinski definition) is 4. The highest BCUT2D eigenvalue weighted by Gasteiger charge is 2.06. The maximum absolute atomic E-state index is 4.27. The summed E-state index contributed by atoms with van der Waals surface area (Å²) < 4.78 is 1.80. The van der Waals surface area contributed by atoms with Crippen LogP contribution in [0.3, 0.4) is 0 Å². The van der Waals surface area contributed by atoms with Crippen LogP contribution in [0.1, 0.15) is 0 Å². The van der Waals surface area contributed by atoms with Crippen LogP contribution in [0, 0.1) is 0 Å². The summed E-state index contributed by atoms with van der Waals surface area (Å²) in [5.74, 6) is 0.693. The van der Waals surface area contributed by atoms with E-state index in [0.717, 1.165) is 11.4 Å². The minimum Gasteiger partial charge on any atom is -0.364 e. The van der Waals surface area contributed by atoms with E-state index in [-0.39, 0.29) is 0 Å². The van der Waals surface area contributed by atoms with Gasteiger partial charge in [0.15, 0.2) is 0 Å². The van der Waals surface area contributed by atoms with Crippen molar-refractivity contribution in [3.8, 4) is 0 Å². The van der Waals surface area contributed by atoms with Gasteiger partial charge in [0.2, 0.25) is 0 Å². The van der Waals surface area contributed by atoms with Crippen molar-refractivity contribution < 1.29 is 0 Å². The quantitative estimate of drug-likeness (QED) is 0.589. The number of rotatable bonds is 3. The smallest absolute Gasteiger partial charge is 0.0699 e. The third kappa shape index (κ3) is 2.48. The first-order valence-electron chi connectivity index (χ1n) is 4.00. The summed E-state index contributed by atoms with van der Waals surface area (Å²) in [5.41, 5.74) is 2.22. The van der Waals surface area contributed by atoms with Gasteiger partial charge in [-0.1, -0.05) is 24.9 Å². The summed E-state index contributed by atoms with van der Waals surface area (Å²) in [7, 11) is 3.91. The number of thiol groups is 2. The summed E-state index contributed by atoms with van der Waals surface area (Å²) in [4.78, 5) is 2.06. The fraction of sp³-hybridized carbons (Fsp3) is 0.333. The highest BCUT2D eigenvalue weighted by atomic mass is 32.1. The molecule has 0 aliphatic heterocycles. The van der Waals surface area contributed by atoms with Crippen LogP contribution in [-0.2, 0) is 0 Å². The minimum atomic E-state index is 0.693. The lowest BCUT2D eigenvalue weighted by Crippen LogP contribution is -2.17. The Kier molecular flexibility index (Phi) is 3.81. The molecule has 0 saturated carbocycles. The van der Waals surface area contributed by atoms with E-state index < -0.39 is 0 Å². The molecule has 13 heavy (non-hydrogen) atoms. The first-order chi connectivity index (χ1) is 6.16. The Morgan fingerprint density at radius 2 is 1.69 bits per heavy atom. The molecule has 72 valence electrons. The fourth-order valence-electron chi connectivity index (χ4n) is 1.14. The SMILES string of the molecule is CN(S)c1ccccc1N(C)CS. The highest BCUT2D eigenvalue weighted by Crippen LogP contribution is 2.28. The largest absolute Gasteiger partial charge is 0.364 e. The Balaban J connectivity index is 3.04. The van der Waals surface area contributed by atoms with E-state index in [4.69, 9.17) is 0 Å². The summed E-state index contributed by atoms with van der Waals surface area (Å²) in [6.07, 6.45) is 0. The molecular formula is C9H14N2S2. The van der Waals surface area contributed by atoms with Gasteiger partial charge < -0.3 is 9.21 Å². The summed E-state index contributed by atoms with van der Waals surface area (Å²) >= 11 is 8.50. The van der Waals surface area contributed by atoms with Gasteiger partial charge in [-0.15, -0.1) is 0 Å². The Hall–Kier alpha value is -0.480. The number of nitrogens with zero attached hydrogens (tertiary/aromatic N) is 2. The molecule has 0 heterocycles. The summed E-state index contributed by atoms with van der Waals surface area (Å²) in [5, 5.41) is 0. The molecule has 1 aromatic carbocycles. The lowest BCUT2D eigenvalue weighted by atomic mass is 10.2. The fourth-order valence-corrected chi connectivity index (χ4v) is 1.46. The second-order valence-electron chi connectivity index (χ2n) is 2.85. The molecule has 0 aliphatic carbocycles. The van der Waals surface area contributed by atoms with Gasteiger partial charge in [-0.3, -0.25) is 0 Å². The number of benzene rings is 1. The number of para-hydroxylation sites is 2. The zero-order valence-electron chi connectivity index (χ0n) is 7.81. The van der Waals surface area contributed by atoms with Gasteiger partial charge >= 0.3 is 0 Å². The van der Waals surface area contributed by atoms with Crippen LogP contribution >= 0.6 is 25.4 Å². The Morgan fingerprint density at radius 1 is 1.15 bits per heavy atom. The molecular weight excluding hydrogens is 200 g/mol. The van der Waals surface area contributed by atoms with Crippen LogP contribution in [-0.4, -0.2) is 20.0 Å². The molecule has 0 atom stereocenters. The van der Waals surface area contributed by atoms with Crippen molar-refractivity contribution in [3.63, 3.8) is 0 Å². The van der Waals surface area contributed by atoms with Crippen LogP contribution in [0.5, 0.6) is 0 Å². The Morgan fingerprint density at radius 3 is 2.15 bits per heavy atom. The summed E-state index contributed by atoms with van der Waals surface area (Å²) in [6, 6.07) is 8.09. The van der Waals surface area contributed by atoms with Gasteiger partial charge in [-0.2, -0.15) is 12.6 Å². The van der Waals surface area contributed by atoms with E-state index in [1.165, 1.54) is 0 Å². The van der Waals surface area contributed by atoms with Crippen LogP contribution in [0.4, 0.5) is 11.4 Å². The maximum Gasteiger partial charge on any atom is 0.0699 e. The Labute approximate surface area is 90.5 Å². The second kappa shape index (κ2) is 4.67. The van der Waals surface area contributed by atoms with Gasteiger partial charge in [0.1, 0.15) is 0 Å². The maximum atomic E-state index is 4.27. The van der Waals surface area contributed by atoms with Crippen LogP contribution in [0.15, 0.2) is 24.3 Å². The van der Waals surface area contributed by atoms with Gasteiger partial charge in [0.25, 0.3) is 0 Å². The van der Waals surface area contributed by atoms with Crippen LogP contribution < -0.4 is 9.21 Å². The normalized spacial score (nSPS) is 9.85. The van der Waals surface area contributed by atoms with Gasteiger partial charge in [-0.05, 0) is 12.1 Å². The molecule has 0 aromatic heterocycles. The van der Waals surface area contributed by atoms with E-state index in [0.29, 0.717) is 5.88 Å². The zero-order valence-corrected chi connectivity index (χ0v) is 9.59. The van der Waals surface area contributed by atoms with Crippen molar-refractivity contribution in [3.05, 3.63) is 24.3 Å². The molecule has 0 amide bonds. The van der Waals surface area contributed by atoms with Gasteiger partial charge in [-0.25, -0.2) is 0 Å². The van der Waals surface area contributed by atoms with Crippen molar-refractivity contribution >= 4 is 36.8 Å². The number of anilines is 2. The van der Waals surface area contributed by atoms with E-state index in [2.05, 4.69) is 36.4 Å². The van der Waals surface area contributed by atoms with E-state index >= 15 is 0 Å². The molecule has 0 fully saturated rings.